The van der Waals surface area contributed by atoms with Crippen molar-refractivity contribution in [1.29, 1.82) is 0 Å². The standard InChI is InChI=1S/C20H21BrN2O7/c1-4-28-17(24)14-10(2)30-16(22)15(18(25)29-8-7-27-3)20(14)12-9-11(21)5-6-13(12)23-19(20)26/h5-6,9H,4,7-8,22H2,1-3H3,(H,23,26). The van der Waals surface area contributed by atoms with Crippen LogP contribution < -0.4 is 11.1 Å². The van der Waals surface area contributed by atoms with Gasteiger partial charge in [0.15, 0.2) is 0 Å². The zero-order valence-electron chi connectivity index (χ0n) is 16.7. The molecule has 1 unspecified atom stereocenters. The third-order valence-corrected chi connectivity index (χ3v) is 5.28. The molecule has 2 aliphatic rings. The van der Waals surface area contributed by atoms with Crippen LogP contribution in [0.25, 0.3) is 0 Å². The molecule has 2 aliphatic heterocycles. The molecule has 0 aliphatic carbocycles. The zero-order chi connectivity index (χ0) is 22.1. The average molecular weight is 481 g/mol. The van der Waals surface area contributed by atoms with Crippen molar-refractivity contribution in [3.05, 3.63) is 51.0 Å². The number of nitrogens with one attached hydrogen (secondary N) is 1. The van der Waals surface area contributed by atoms with E-state index < -0.39 is 23.3 Å². The molecule has 1 spiro atoms. The highest BCUT2D eigenvalue weighted by Gasteiger charge is 2.61. The van der Waals surface area contributed by atoms with E-state index in [9.17, 15) is 14.4 Å². The van der Waals surface area contributed by atoms with Crippen molar-refractivity contribution in [3.8, 4) is 0 Å². The fraction of sp³-hybridized carbons (Fsp3) is 0.350. The first-order valence-corrected chi connectivity index (χ1v) is 9.92. The highest BCUT2D eigenvalue weighted by molar-refractivity contribution is 9.10. The first-order chi connectivity index (χ1) is 14.3. The number of halogens is 1. The van der Waals surface area contributed by atoms with Crippen LogP contribution in [0.4, 0.5) is 5.69 Å². The van der Waals surface area contributed by atoms with E-state index >= 15 is 0 Å². The second kappa shape index (κ2) is 8.49. The number of rotatable bonds is 6. The molecule has 3 N–H and O–H groups in total. The molecular formula is C20H21BrN2O7. The Hall–Kier alpha value is -2.85. The minimum absolute atomic E-state index is 0.0577. The summed E-state index contributed by atoms with van der Waals surface area (Å²) in [5.74, 6) is -2.61. The Morgan fingerprint density at radius 3 is 2.57 bits per heavy atom. The van der Waals surface area contributed by atoms with E-state index in [2.05, 4.69) is 21.2 Å². The summed E-state index contributed by atoms with van der Waals surface area (Å²) in [5, 5.41) is 2.73. The molecule has 1 aromatic rings. The quantitative estimate of drug-likeness (QED) is 0.466. The van der Waals surface area contributed by atoms with Gasteiger partial charge in [-0.2, -0.15) is 0 Å². The Kier molecular flexibility index (Phi) is 6.18. The number of fused-ring (bicyclic) bond motifs is 2. The Labute approximate surface area is 181 Å². The van der Waals surface area contributed by atoms with Crippen LogP contribution in [0.5, 0.6) is 0 Å². The third kappa shape index (κ3) is 3.35. The lowest BCUT2D eigenvalue weighted by Crippen LogP contribution is -2.48. The maximum Gasteiger partial charge on any atom is 0.341 e. The Bertz CT molecular complexity index is 985. The summed E-state index contributed by atoms with van der Waals surface area (Å²) in [6.07, 6.45) is 0. The van der Waals surface area contributed by atoms with Crippen molar-refractivity contribution >= 4 is 39.5 Å². The largest absolute Gasteiger partial charge is 0.462 e. The molecule has 3 rings (SSSR count). The van der Waals surface area contributed by atoms with E-state index in [4.69, 9.17) is 24.7 Å². The fourth-order valence-corrected chi connectivity index (χ4v) is 4.02. The summed E-state index contributed by atoms with van der Waals surface area (Å²) in [6.45, 7) is 3.24. The molecule has 160 valence electrons. The number of anilines is 1. The molecule has 0 saturated carbocycles. The second-order valence-corrected chi connectivity index (χ2v) is 7.43. The van der Waals surface area contributed by atoms with Crippen molar-refractivity contribution in [1.82, 2.24) is 0 Å². The fourth-order valence-electron chi connectivity index (χ4n) is 3.65. The van der Waals surface area contributed by atoms with Gasteiger partial charge in [0.2, 0.25) is 11.8 Å². The molecule has 0 aromatic heterocycles. The lowest BCUT2D eigenvalue weighted by atomic mass is 9.67. The molecule has 30 heavy (non-hydrogen) atoms. The maximum atomic E-state index is 13.4. The number of nitrogens with two attached hydrogens (primary N) is 1. The monoisotopic (exact) mass is 480 g/mol. The number of hydrogen-bond acceptors (Lipinski definition) is 8. The predicted molar refractivity (Wildman–Crippen MR) is 109 cm³/mol. The molecule has 0 radical (unpaired) electrons. The van der Waals surface area contributed by atoms with Crippen molar-refractivity contribution in [2.75, 3.05) is 32.2 Å². The van der Waals surface area contributed by atoms with Gasteiger partial charge in [0.05, 0.1) is 13.2 Å². The Morgan fingerprint density at radius 2 is 1.90 bits per heavy atom. The first-order valence-electron chi connectivity index (χ1n) is 9.13. The molecule has 2 heterocycles. The topological polar surface area (TPSA) is 126 Å². The van der Waals surface area contributed by atoms with Crippen LogP contribution in [0.3, 0.4) is 0 Å². The van der Waals surface area contributed by atoms with Gasteiger partial charge < -0.3 is 30.0 Å². The van der Waals surface area contributed by atoms with Gasteiger partial charge in [0, 0.05) is 22.8 Å². The van der Waals surface area contributed by atoms with Crippen LogP contribution >= 0.6 is 15.9 Å². The Balaban J connectivity index is 2.29. The van der Waals surface area contributed by atoms with Gasteiger partial charge >= 0.3 is 11.9 Å². The highest BCUT2D eigenvalue weighted by atomic mass is 79.9. The van der Waals surface area contributed by atoms with E-state index in [1.807, 2.05) is 0 Å². The smallest absolute Gasteiger partial charge is 0.341 e. The number of benzene rings is 1. The number of carbonyl (C=O) groups is 3. The molecule has 1 atom stereocenters. The van der Waals surface area contributed by atoms with E-state index in [0.29, 0.717) is 15.7 Å². The van der Waals surface area contributed by atoms with Crippen molar-refractivity contribution in [3.63, 3.8) is 0 Å². The van der Waals surface area contributed by atoms with E-state index in [-0.39, 0.29) is 42.6 Å². The Morgan fingerprint density at radius 1 is 1.20 bits per heavy atom. The van der Waals surface area contributed by atoms with Crippen LogP contribution in [0.15, 0.2) is 45.5 Å². The minimum Gasteiger partial charge on any atom is -0.462 e. The van der Waals surface area contributed by atoms with Gasteiger partial charge in [-0.05, 0) is 32.0 Å². The molecule has 0 fully saturated rings. The van der Waals surface area contributed by atoms with Crippen LogP contribution in [0.2, 0.25) is 0 Å². The van der Waals surface area contributed by atoms with Crippen molar-refractivity contribution in [2.45, 2.75) is 19.3 Å². The van der Waals surface area contributed by atoms with Crippen molar-refractivity contribution < 1.29 is 33.3 Å². The van der Waals surface area contributed by atoms with E-state index in [1.165, 1.54) is 14.0 Å². The normalized spacial score (nSPS) is 20.1. The number of hydrogen-bond donors (Lipinski definition) is 2. The summed E-state index contributed by atoms with van der Waals surface area (Å²) < 4.78 is 21.5. The van der Waals surface area contributed by atoms with Crippen LogP contribution in [0.1, 0.15) is 19.4 Å². The number of methoxy groups -OCH3 is 1. The average Bonchev–Trinajstić information content (AvgIpc) is 2.94. The minimum atomic E-state index is -1.89. The highest BCUT2D eigenvalue weighted by Crippen LogP contribution is 2.53. The maximum absolute atomic E-state index is 13.4. The summed E-state index contributed by atoms with van der Waals surface area (Å²) in [7, 11) is 1.45. The summed E-state index contributed by atoms with van der Waals surface area (Å²) in [6, 6.07) is 5.02. The number of allylic oxidation sites excluding steroid dienone is 1. The predicted octanol–water partition coefficient (Wildman–Crippen LogP) is 1.87. The molecule has 1 aromatic carbocycles. The molecule has 10 heteroatoms. The van der Waals surface area contributed by atoms with Gasteiger partial charge in [0.25, 0.3) is 0 Å². The molecule has 1 amide bonds. The number of ether oxygens (including phenoxy) is 4. The second-order valence-electron chi connectivity index (χ2n) is 6.52. The third-order valence-electron chi connectivity index (χ3n) is 4.79. The number of carbonyl (C=O) groups excluding carboxylic acids is 3. The molecule has 9 nitrogen and oxygen atoms in total. The van der Waals surface area contributed by atoms with Crippen molar-refractivity contribution in [2.24, 2.45) is 5.73 Å². The van der Waals surface area contributed by atoms with E-state index in [1.54, 1.807) is 25.1 Å². The van der Waals surface area contributed by atoms with Crippen LogP contribution in [-0.4, -0.2) is 44.8 Å². The number of amides is 1. The summed E-state index contributed by atoms with van der Waals surface area (Å²) in [4.78, 5) is 39.4. The molecular weight excluding hydrogens is 460 g/mol. The first kappa shape index (κ1) is 21.8. The zero-order valence-corrected chi connectivity index (χ0v) is 18.3. The van der Waals surface area contributed by atoms with Crippen LogP contribution in [0, 0.1) is 0 Å². The lowest BCUT2D eigenvalue weighted by molar-refractivity contribution is -0.144. The summed E-state index contributed by atoms with van der Waals surface area (Å²) >= 11 is 3.38. The van der Waals surface area contributed by atoms with Gasteiger partial charge in [-0.3, -0.25) is 4.79 Å². The van der Waals surface area contributed by atoms with E-state index in [0.717, 1.165) is 0 Å². The van der Waals surface area contributed by atoms with Gasteiger partial charge in [-0.25, -0.2) is 9.59 Å². The lowest BCUT2D eigenvalue weighted by Gasteiger charge is -2.35. The van der Waals surface area contributed by atoms with Gasteiger partial charge in [-0.1, -0.05) is 15.9 Å². The molecule has 0 saturated heterocycles. The van der Waals surface area contributed by atoms with Gasteiger partial charge in [0.1, 0.15) is 28.9 Å². The SMILES string of the molecule is CCOC(=O)C1=C(C)OC(N)=C(C(=O)OCCOC)C12C(=O)Nc1ccc(Br)cc12. The van der Waals surface area contributed by atoms with Crippen LogP contribution in [-0.2, 0) is 38.7 Å². The van der Waals surface area contributed by atoms with Gasteiger partial charge in [-0.15, -0.1) is 0 Å². The number of esters is 2. The summed E-state index contributed by atoms with van der Waals surface area (Å²) in [5.41, 5.74) is 4.54. The molecule has 0 bridgehead atoms.